The van der Waals surface area contributed by atoms with Crippen LogP contribution < -0.4 is 16.5 Å². The summed E-state index contributed by atoms with van der Waals surface area (Å²) >= 11 is 6.56. The molecule has 0 saturated carbocycles. The van der Waals surface area contributed by atoms with Crippen molar-refractivity contribution in [2.24, 2.45) is 0 Å². The van der Waals surface area contributed by atoms with Crippen LogP contribution in [0.25, 0.3) is 11.1 Å². The molecule has 27 nitrogen and oxygen atoms in total. The number of nitro groups is 4. The molecule has 5 aliphatic rings. The smallest absolute Gasteiger partial charge is 0.444 e. The predicted molar refractivity (Wildman–Crippen MR) is 431 cm³/mol. The number of likely N-dealkylation sites (N-methyl/N-ethyl adjacent to an activating group) is 1. The minimum atomic E-state index is -0.506. The van der Waals surface area contributed by atoms with Gasteiger partial charge in [-0.25, -0.2) is 9.59 Å². The van der Waals surface area contributed by atoms with E-state index in [1.807, 2.05) is 153 Å². The topological polar surface area (TPSA) is 342 Å². The van der Waals surface area contributed by atoms with Crippen molar-refractivity contribution in [2.45, 2.75) is 217 Å². The lowest BCUT2D eigenvalue weighted by atomic mass is 9.49. The Bertz CT molecular complexity index is 4020. The Kier molecular flexibility index (Phi) is 32.6. The van der Waals surface area contributed by atoms with E-state index in [1.54, 1.807) is 89.8 Å². The molecule has 5 aromatic rings. The van der Waals surface area contributed by atoms with Gasteiger partial charge in [0, 0.05) is 87.8 Å². The summed E-state index contributed by atoms with van der Waals surface area (Å²) in [6.45, 7) is 46.9. The molecule has 0 unspecified atom stereocenters. The summed E-state index contributed by atoms with van der Waals surface area (Å²) in [6.07, 6.45) is 5.68. The van der Waals surface area contributed by atoms with Crippen LogP contribution in [0.4, 0.5) is 38.0 Å². The van der Waals surface area contributed by atoms with Crippen LogP contribution in [0.15, 0.2) is 112 Å². The maximum Gasteiger partial charge on any atom is 0.494 e. The monoisotopic (exact) mass is 1630 g/mol. The van der Waals surface area contributed by atoms with Crippen LogP contribution in [-0.4, -0.2) is 154 Å². The van der Waals surface area contributed by atoms with Crippen molar-refractivity contribution >= 4 is 117 Å². The number of carbonyl (C=O) groups is 3. The number of halogens is 2. The fraction of sp³-hybridized carbons (Fsp3) is 0.513. The molecule has 3 fully saturated rings. The third-order valence-corrected chi connectivity index (χ3v) is 19.8. The molecule has 5 aliphatic heterocycles. The predicted octanol–water partition coefficient (Wildman–Crippen LogP) is 16.7. The average molecular weight is 1630 g/mol. The van der Waals surface area contributed by atoms with Crippen LogP contribution >= 0.6 is 31.9 Å². The number of nitrogens with one attached hydrogen (secondary N) is 1. The van der Waals surface area contributed by atoms with Crippen molar-refractivity contribution in [3.63, 3.8) is 0 Å². The molecule has 0 bridgehead atoms. The number of hydrogen-bond donors (Lipinski definition) is 2. The van der Waals surface area contributed by atoms with E-state index >= 15 is 0 Å². The highest BCUT2D eigenvalue weighted by Gasteiger charge is 2.64. The molecule has 588 valence electrons. The van der Waals surface area contributed by atoms with Crippen LogP contribution in [0.2, 0.25) is 0 Å². The first-order valence-electron chi connectivity index (χ1n) is 35.2. The van der Waals surface area contributed by atoms with E-state index in [4.69, 9.17) is 43.1 Å². The molecule has 5 aromatic carbocycles. The Morgan fingerprint density at radius 3 is 1.25 bits per heavy atom. The number of hydrogen-bond acceptors (Lipinski definition) is 21. The highest BCUT2D eigenvalue weighted by Crippen LogP contribution is 2.44. The van der Waals surface area contributed by atoms with Crippen molar-refractivity contribution in [1.82, 2.24) is 15.1 Å². The quantitative estimate of drug-likeness (QED) is 0.0431. The van der Waals surface area contributed by atoms with Gasteiger partial charge in [0.1, 0.15) is 17.5 Å². The van der Waals surface area contributed by atoms with E-state index < -0.39 is 49.6 Å². The van der Waals surface area contributed by atoms with Crippen LogP contribution in [0.3, 0.4) is 0 Å². The van der Waals surface area contributed by atoms with Gasteiger partial charge in [-0.05, 0) is 267 Å². The largest absolute Gasteiger partial charge is 0.494 e. The number of benzene rings is 5. The Morgan fingerprint density at radius 2 is 0.917 bits per heavy atom. The van der Waals surface area contributed by atoms with Gasteiger partial charge in [0.2, 0.25) is 0 Å². The number of aryl methyl sites for hydroxylation is 5. The molecule has 0 aromatic heterocycles. The van der Waals surface area contributed by atoms with E-state index in [1.165, 1.54) is 35.7 Å². The van der Waals surface area contributed by atoms with Crippen LogP contribution in [0.1, 0.15) is 176 Å². The number of carbonyl (C=O) groups excluding carboxylic acids is 3. The second kappa shape index (κ2) is 38.1. The summed E-state index contributed by atoms with van der Waals surface area (Å²) in [7, 11) is 0.0826. The number of nitro benzene ring substituents is 4. The zero-order valence-electron chi connectivity index (χ0n) is 66.8. The van der Waals surface area contributed by atoms with Gasteiger partial charge in [0.25, 0.3) is 22.7 Å². The summed E-state index contributed by atoms with van der Waals surface area (Å²) in [5, 5.41) is 45.9. The number of amides is 2. The summed E-state index contributed by atoms with van der Waals surface area (Å²) in [5.74, 6) is 0. The van der Waals surface area contributed by atoms with Crippen molar-refractivity contribution in [2.75, 3.05) is 45.5 Å². The normalized spacial score (nSPS) is 17.5. The molecular formula is C76H107B3Br2N8O19. The maximum absolute atomic E-state index is 12.0. The fourth-order valence-electron chi connectivity index (χ4n) is 10.4. The maximum atomic E-state index is 12.0. The number of aldehydes is 1. The lowest BCUT2D eigenvalue weighted by molar-refractivity contribution is -0.385. The molecule has 32 heteroatoms. The number of nitrogens with zero attached hydrogens (tertiary/aromatic N) is 6. The molecule has 0 aliphatic carbocycles. The number of anilines is 1. The number of nitrogens with two attached hydrogens (primary N) is 1. The first kappa shape index (κ1) is 92.4. The SMILES string of the molecule is CC1(C)OB(B2OC(C)(C)C(C)(C)O2)OC1(C)C.CN(CC=O)C(=O)OC(C)(C)C.Cc1cc(B2OC(C)(C)C(C)(C)O2)ccc1[N+](=O)[O-].Cc1cc(Br)ccc1N.Cc1cc(Br)ccc1[N+](=O)[O-].Cc1cc(C2=CCN(C(=O)OC(C)(C)C)CC2)ccc1[N+](=O)[O-].Cc1cc(C2=CCNCC2)ccc1[N+](=O)[O-]. The molecule has 0 spiro atoms. The van der Waals surface area contributed by atoms with E-state index in [0.717, 1.165) is 67.4 Å². The molecule has 3 N–H and O–H groups in total. The molecular weight excluding hydrogens is 1520 g/mol. The summed E-state index contributed by atoms with van der Waals surface area (Å²) in [5.41, 5.74) is 12.7. The second-order valence-corrected chi connectivity index (χ2v) is 33.3. The third-order valence-electron chi connectivity index (χ3n) is 18.8. The lowest BCUT2D eigenvalue weighted by Crippen LogP contribution is -2.41. The van der Waals surface area contributed by atoms with E-state index in [-0.39, 0.29) is 77.5 Å². The van der Waals surface area contributed by atoms with Crippen LogP contribution in [0, 0.1) is 75.1 Å². The number of nitrogen functional groups attached to an aromatic ring is 1. The highest BCUT2D eigenvalue weighted by molar-refractivity contribution is 9.10. The minimum absolute atomic E-state index is 0.0644. The molecule has 108 heavy (non-hydrogen) atoms. The van der Waals surface area contributed by atoms with E-state index in [0.29, 0.717) is 42.5 Å². The van der Waals surface area contributed by atoms with Crippen molar-refractivity contribution in [3.05, 3.63) is 191 Å². The number of rotatable bonds is 10. The molecule has 5 heterocycles. The lowest BCUT2D eigenvalue weighted by Gasteiger charge is -2.32. The zero-order valence-corrected chi connectivity index (χ0v) is 70.0. The molecule has 10 rings (SSSR count). The molecule has 2 amide bonds. The standard InChI is InChI=1S/C17H22N2O4.C13H18BNO4.C12H24B2O4.C12H14N2O2.C8H15NO3.C7H6BrNO2.C7H8BrN/c1-12-11-14(5-6-15(12)19(21)22)13-7-9-18(10-8-13)16(20)23-17(2,3)4;1-9-8-10(6-7-11(9)15(16)17)14-18-12(2,3)13(4,5)19-14;1-9(2)10(3,4)16-13(15-9)14-17-11(5,6)12(7,8)18-14;1-9-8-11(2-3-12(9)14(15)16)10-4-6-13-7-5-10;1-8(2,3)12-7(11)9(4)5-6-10;1-5-4-6(8)2-3-7(5)9(10)11;1-5-4-6(8)2-3-7(5)9/h5-7,11H,8-10H2,1-4H3;6-8H,1-5H3;1-8H3;2-4,8,13H,5-7H2,1H3;6H,5H2,1-4H3;2-4H,1H3;2-4H,9H2,1H3. The average Bonchev–Trinajstić information content (AvgIpc) is 1.60. The number of ether oxygens (including phenoxy) is 2. The Labute approximate surface area is 653 Å². The van der Waals surface area contributed by atoms with Crippen molar-refractivity contribution < 1.29 is 71.5 Å². The Balaban J connectivity index is 0.000000271. The van der Waals surface area contributed by atoms with Crippen LogP contribution in [0.5, 0.6) is 0 Å². The van der Waals surface area contributed by atoms with Crippen LogP contribution in [-0.2, 0) is 42.2 Å². The van der Waals surface area contributed by atoms with Gasteiger partial charge in [-0.2, -0.15) is 0 Å². The Morgan fingerprint density at radius 1 is 0.546 bits per heavy atom. The van der Waals surface area contributed by atoms with Crippen molar-refractivity contribution in [1.29, 1.82) is 0 Å². The first-order chi connectivity index (χ1) is 49.5. The summed E-state index contributed by atoms with van der Waals surface area (Å²) in [4.78, 5) is 77.2. The minimum Gasteiger partial charge on any atom is -0.444 e. The Hall–Kier alpha value is -7.94. The fourth-order valence-corrected chi connectivity index (χ4v) is 11.4. The zero-order chi connectivity index (χ0) is 82.2. The van der Waals surface area contributed by atoms with E-state index in [2.05, 4.69) is 43.3 Å². The van der Waals surface area contributed by atoms with Crippen molar-refractivity contribution in [3.8, 4) is 0 Å². The van der Waals surface area contributed by atoms with Gasteiger partial charge in [-0.3, -0.25) is 40.5 Å². The molecule has 0 atom stereocenters. The van der Waals surface area contributed by atoms with Gasteiger partial charge in [0.15, 0.2) is 0 Å². The van der Waals surface area contributed by atoms with E-state index in [9.17, 15) is 54.8 Å². The third kappa shape index (κ3) is 27.0. The summed E-state index contributed by atoms with van der Waals surface area (Å²) in [6, 6.07) is 26.1. The summed E-state index contributed by atoms with van der Waals surface area (Å²) < 4.78 is 48.0. The van der Waals surface area contributed by atoms with Gasteiger partial charge < -0.3 is 63.0 Å². The first-order valence-corrected chi connectivity index (χ1v) is 36.8. The van der Waals surface area contributed by atoms with Gasteiger partial charge >= 0.3 is 33.3 Å². The van der Waals surface area contributed by atoms with Gasteiger partial charge in [-0.1, -0.05) is 56.1 Å². The van der Waals surface area contributed by atoms with Gasteiger partial charge in [0.05, 0.1) is 59.8 Å². The highest BCUT2D eigenvalue weighted by atomic mass is 79.9. The molecule has 0 radical (unpaired) electrons. The second-order valence-electron chi connectivity index (χ2n) is 31.5. The molecule has 3 saturated heterocycles. The van der Waals surface area contributed by atoms with Gasteiger partial charge in [-0.15, -0.1) is 0 Å².